The van der Waals surface area contributed by atoms with Crippen molar-refractivity contribution in [2.75, 3.05) is 10.6 Å². The second-order valence-electron chi connectivity index (χ2n) is 4.26. The van der Waals surface area contributed by atoms with Gasteiger partial charge in [0.05, 0.1) is 6.20 Å². The number of anilines is 2. The number of hydrogen-bond acceptors (Lipinski definition) is 4. The maximum Gasteiger partial charge on any atom is 0.246 e. The molecule has 0 atom stereocenters. The monoisotopic (exact) mass is 351 g/mol. The molecule has 2 rings (SSSR count). The van der Waals surface area contributed by atoms with Gasteiger partial charge in [0.15, 0.2) is 5.82 Å². The van der Waals surface area contributed by atoms with Crippen molar-refractivity contribution in [1.29, 1.82) is 0 Å². The molecular formula is C13H14BrN5O2. The van der Waals surface area contributed by atoms with E-state index in [0.717, 1.165) is 4.47 Å². The zero-order valence-corrected chi connectivity index (χ0v) is 12.9. The first kappa shape index (κ1) is 15.2. The largest absolute Gasteiger partial charge is 0.324 e. The van der Waals surface area contributed by atoms with Crippen molar-refractivity contribution in [3.8, 4) is 0 Å². The maximum atomic E-state index is 11.9. The van der Waals surface area contributed by atoms with Crippen LogP contribution in [-0.4, -0.2) is 26.8 Å². The molecule has 0 radical (unpaired) electrons. The quantitative estimate of drug-likeness (QED) is 0.862. The molecule has 0 aliphatic heterocycles. The van der Waals surface area contributed by atoms with Crippen molar-refractivity contribution >= 4 is 39.2 Å². The summed E-state index contributed by atoms with van der Waals surface area (Å²) in [7, 11) is 0. The van der Waals surface area contributed by atoms with Crippen molar-refractivity contribution in [2.24, 2.45) is 0 Å². The molecule has 7 nitrogen and oxygen atoms in total. The zero-order valence-electron chi connectivity index (χ0n) is 11.3. The highest BCUT2D eigenvalue weighted by molar-refractivity contribution is 9.10. The van der Waals surface area contributed by atoms with E-state index in [1.807, 2.05) is 12.1 Å². The molecule has 0 aliphatic carbocycles. The fourth-order valence-corrected chi connectivity index (χ4v) is 1.81. The average Bonchev–Trinajstić information content (AvgIpc) is 2.88. The molecular weight excluding hydrogens is 338 g/mol. The molecule has 1 aromatic carbocycles. The molecule has 1 heterocycles. The third-order valence-electron chi connectivity index (χ3n) is 2.56. The minimum Gasteiger partial charge on any atom is -0.324 e. The van der Waals surface area contributed by atoms with Gasteiger partial charge < -0.3 is 10.6 Å². The van der Waals surface area contributed by atoms with E-state index < -0.39 is 0 Å². The van der Waals surface area contributed by atoms with Gasteiger partial charge in [-0.05, 0) is 24.3 Å². The Bertz CT molecular complexity index is 638. The van der Waals surface area contributed by atoms with Crippen LogP contribution in [0.15, 0.2) is 34.9 Å². The highest BCUT2D eigenvalue weighted by atomic mass is 79.9. The van der Waals surface area contributed by atoms with Gasteiger partial charge in [-0.15, -0.1) is 5.10 Å². The zero-order chi connectivity index (χ0) is 15.2. The smallest absolute Gasteiger partial charge is 0.246 e. The predicted molar refractivity (Wildman–Crippen MR) is 81.7 cm³/mol. The Morgan fingerprint density at radius 1 is 1.19 bits per heavy atom. The van der Waals surface area contributed by atoms with Crippen LogP contribution >= 0.6 is 15.9 Å². The van der Waals surface area contributed by atoms with Crippen LogP contribution < -0.4 is 10.6 Å². The number of rotatable bonds is 5. The number of nitrogens with one attached hydrogen (secondary N) is 2. The van der Waals surface area contributed by atoms with Crippen molar-refractivity contribution in [3.05, 3.63) is 34.9 Å². The third kappa shape index (κ3) is 4.67. The summed E-state index contributed by atoms with van der Waals surface area (Å²) in [6.07, 6.45) is 1.87. The summed E-state index contributed by atoms with van der Waals surface area (Å²) in [5, 5.41) is 12.9. The van der Waals surface area contributed by atoms with Gasteiger partial charge in [0.25, 0.3) is 0 Å². The summed E-state index contributed by atoms with van der Waals surface area (Å²) in [5.41, 5.74) is 0.697. The van der Waals surface area contributed by atoms with E-state index in [1.165, 1.54) is 10.9 Å². The first-order valence-electron chi connectivity index (χ1n) is 6.32. The minimum atomic E-state index is -0.226. The molecule has 0 bridgehead atoms. The van der Waals surface area contributed by atoms with E-state index in [1.54, 1.807) is 19.1 Å². The Morgan fingerprint density at radius 2 is 1.90 bits per heavy atom. The lowest BCUT2D eigenvalue weighted by Crippen LogP contribution is -2.19. The third-order valence-corrected chi connectivity index (χ3v) is 3.09. The van der Waals surface area contributed by atoms with Crippen LogP contribution in [0.3, 0.4) is 0 Å². The number of nitrogens with zero attached hydrogens (tertiary/aromatic N) is 3. The van der Waals surface area contributed by atoms with Crippen LogP contribution in [0.5, 0.6) is 0 Å². The molecule has 0 fully saturated rings. The Balaban J connectivity index is 1.90. The van der Waals surface area contributed by atoms with E-state index in [-0.39, 0.29) is 18.4 Å². The van der Waals surface area contributed by atoms with E-state index in [9.17, 15) is 9.59 Å². The van der Waals surface area contributed by atoms with Crippen molar-refractivity contribution in [3.63, 3.8) is 0 Å². The SMILES string of the molecule is CCC(=O)Nc1cn(CC(=O)Nc2ccc(Br)cc2)nn1. The van der Waals surface area contributed by atoms with Crippen molar-refractivity contribution < 1.29 is 9.59 Å². The number of carbonyl (C=O) groups is 2. The van der Waals surface area contributed by atoms with Crippen LogP contribution in [0.2, 0.25) is 0 Å². The van der Waals surface area contributed by atoms with Gasteiger partial charge in [-0.2, -0.15) is 0 Å². The lowest BCUT2D eigenvalue weighted by Gasteiger charge is -2.04. The minimum absolute atomic E-state index is 0.0189. The molecule has 0 unspecified atom stereocenters. The van der Waals surface area contributed by atoms with Gasteiger partial charge in [0.1, 0.15) is 6.54 Å². The van der Waals surface area contributed by atoms with Crippen molar-refractivity contribution in [1.82, 2.24) is 15.0 Å². The van der Waals surface area contributed by atoms with E-state index >= 15 is 0 Å². The summed E-state index contributed by atoms with van der Waals surface area (Å²) < 4.78 is 2.30. The molecule has 0 saturated carbocycles. The van der Waals surface area contributed by atoms with Crippen LogP contribution in [0, 0.1) is 0 Å². The van der Waals surface area contributed by atoms with Gasteiger partial charge in [0, 0.05) is 16.6 Å². The van der Waals surface area contributed by atoms with Crippen molar-refractivity contribution in [2.45, 2.75) is 19.9 Å². The molecule has 21 heavy (non-hydrogen) atoms. The Labute approximate surface area is 129 Å². The number of halogens is 1. The van der Waals surface area contributed by atoms with Crippen LogP contribution in [0.1, 0.15) is 13.3 Å². The molecule has 2 N–H and O–H groups in total. The fourth-order valence-electron chi connectivity index (χ4n) is 1.55. The van der Waals surface area contributed by atoms with E-state index in [0.29, 0.717) is 17.9 Å². The van der Waals surface area contributed by atoms with Gasteiger partial charge in [-0.25, -0.2) is 4.68 Å². The fraction of sp³-hybridized carbons (Fsp3) is 0.231. The molecule has 0 aliphatic rings. The van der Waals surface area contributed by atoms with Crippen LogP contribution in [0.25, 0.3) is 0 Å². The standard InChI is InChI=1S/C13H14BrN5O2/c1-2-12(20)16-11-7-19(18-17-11)8-13(21)15-10-5-3-9(14)4-6-10/h3-7H,2,8H2,1H3,(H,15,21)(H,16,20). The van der Waals surface area contributed by atoms with Crippen LogP contribution in [-0.2, 0) is 16.1 Å². The van der Waals surface area contributed by atoms with E-state index in [4.69, 9.17) is 0 Å². The number of benzene rings is 1. The Morgan fingerprint density at radius 3 is 2.57 bits per heavy atom. The topological polar surface area (TPSA) is 88.9 Å². The second kappa shape index (κ2) is 6.98. The van der Waals surface area contributed by atoms with E-state index in [2.05, 4.69) is 36.9 Å². The summed E-state index contributed by atoms with van der Waals surface area (Å²) >= 11 is 3.32. The molecule has 1 aromatic heterocycles. The molecule has 2 amide bonds. The Hall–Kier alpha value is -2.22. The maximum absolute atomic E-state index is 11.9. The van der Waals surface area contributed by atoms with Gasteiger partial charge in [-0.1, -0.05) is 28.1 Å². The predicted octanol–water partition coefficient (Wildman–Crippen LogP) is 2.03. The Kier molecular flexibility index (Phi) is 5.04. The summed E-state index contributed by atoms with van der Waals surface area (Å²) in [4.78, 5) is 23.1. The second-order valence-corrected chi connectivity index (χ2v) is 5.17. The number of carbonyl (C=O) groups excluding carboxylic acids is 2. The average molecular weight is 352 g/mol. The first-order valence-corrected chi connectivity index (χ1v) is 7.11. The summed E-state index contributed by atoms with van der Waals surface area (Å²) in [6, 6.07) is 7.25. The lowest BCUT2D eigenvalue weighted by molar-refractivity contribution is -0.117. The van der Waals surface area contributed by atoms with Crippen LogP contribution in [0.4, 0.5) is 11.5 Å². The van der Waals surface area contributed by atoms with Gasteiger partial charge in [-0.3, -0.25) is 9.59 Å². The van der Waals surface area contributed by atoms with Gasteiger partial charge >= 0.3 is 0 Å². The summed E-state index contributed by atoms with van der Waals surface area (Å²) in [6.45, 7) is 1.76. The van der Waals surface area contributed by atoms with Gasteiger partial charge in [0.2, 0.25) is 11.8 Å². The first-order chi connectivity index (χ1) is 10.1. The summed E-state index contributed by atoms with van der Waals surface area (Å²) in [5.74, 6) is -0.0461. The number of aromatic nitrogens is 3. The highest BCUT2D eigenvalue weighted by Crippen LogP contribution is 2.14. The molecule has 0 spiro atoms. The number of hydrogen-bond donors (Lipinski definition) is 2. The normalized spacial score (nSPS) is 10.2. The molecule has 110 valence electrons. The molecule has 8 heteroatoms. The molecule has 2 aromatic rings. The molecule has 0 saturated heterocycles. The lowest BCUT2D eigenvalue weighted by atomic mass is 10.3. The number of amides is 2. The highest BCUT2D eigenvalue weighted by Gasteiger charge is 2.08.